The standard InChI is InChI=1S/C14H21N3OS/c1-5-10-7-9-19-12(10)13-17-16-11(18-13)6-8-15-14(2,3)4/h7,9,15H,5-6,8H2,1-4H3. The predicted octanol–water partition coefficient (Wildman–Crippen LogP) is 3.29. The molecule has 0 atom stereocenters. The first-order valence-corrected chi connectivity index (χ1v) is 7.51. The zero-order valence-electron chi connectivity index (χ0n) is 12.0. The summed E-state index contributed by atoms with van der Waals surface area (Å²) in [4.78, 5) is 1.10. The van der Waals surface area contributed by atoms with Crippen LogP contribution in [0.4, 0.5) is 0 Å². The molecule has 5 heteroatoms. The molecule has 0 spiro atoms. The van der Waals surface area contributed by atoms with E-state index in [1.807, 2.05) is 0 Å². The van der Waals surface area contributed by atoms with Gasteiger partial charge in [0.2, 0.25) is 5.89 Å². The molecule has 0 aliphatic carbocycles. The number of hydrogen-bond acceptors (Lipinski definition) is 5. The summed E-state index contributed by atoms with van der Waals surface area (Å²) in [6.07, 6.45) is 1.75. The van der Waals surface area contributed by atoms with Crippen LogP contribution in [0.2, 0.25) is 0 Å². The van der Waals surface area contributed by atoms with E-state index in [1.54, 1.807) is 11.3 Å². The van der Waals surface area contributed by atoms with Gasteiger partial charge < -0.3 is 9.73 Å². The molecule has 0 aliphatic rings. The van der Waals surface area contributed by atoms with Gasteiger partial charge in [0, 0.05) is 18.5 Å². The highest BCUT2D eigenvalue weighted by atomic mass is 32.1. The number of nitrogens with one attached hydrogen (secondary N) is 1. The van der Waals surface area contributed by atoms with E-state index in [4.69, 9.17) is 4.42 Å². The lowest BCUT2D eigenvalue weighted by molar-refractivity contribution is 0.412. The van der Waals surface area contributed by atoms with Crippen molar-refractivity contribution in [2.45, 2.75) is 46.1 Å². The molecule has 0 fully saturated rings. The van der Waals surface area contributed by atoms with Crippen LogP contribution in [0, 0.1) is 0 Å². The molecule has 0 unspecified atom stereocenters. The fraction of sp³-hybridized carbons (Fsp3) is 0.571. The molecular formula is C14H21N3OS. The first kappa shape index (κ1) is 14.2. The predicted molar refractivity (Wildman–Crippen MR) is 78.4 cm³/mol. The molecule has 0 bridgehead atoms. The smallest absolute Gasteiger partial charge is 0.258 e. The molecular weight excluding hydrogens is 258 g/mol. The van der Waals surface area contributed by atoms with Crippen molar-refractivity contribution in [3.8, 4) is 10.8 Å². The summed E-state index contributed by atoms with van der Waals surface area (Å²) in [5, 5.41) is 13.7. The SMILES string of the molecule is CCc1ccsc1-c1nnc(CCNC(C)(C)C)o1. The summed E-state index contributed by atoms with van der Waals surface area (Å²) in [5.74, 6) is 1.35. The number of nitrogens with zero attached hydrogens (tertiary/aromatic N) is 2. The summed E-state index contributed by atoms with van der Waals surface area (Å²) in [7, 11) is 0. The third-order valence-electron chi connectivity index (χ3n) is 2.78. The van der Waals surface area contributed by atoms with E-state index >= 15 is 0 Å². The van der Waals surface area contributed by atoms with Gasteiger partial charge in [0.25, 0.3) is 5.89 Å². The highest BCUT2D eigenvalue weighted by Crippen LogP contribution is 2.28. The molecule has 0 amide bonds. The topological polar surface area (TPSA) is 51.0 Å². The van der Waals surface area contributed by atoms with E-state index in [0.717, 1.165) is 24.3 Å². The monoisotopic (exact) mass is 279 g/mol. The lowest BCUT2D eigenvalue weighted by atomic mass is 10.1. The van der Waals surface area contributed by atoms with E-state index in [0.29, 0.717) is 11.8 Å². The summed E-state index contributed by atoms with van der Waals surface area (Å²) in [5.41, 5.74) is 1.39. The van der Waals surface area contributed by atoms with Crippen molar-refractivity contribution >= 4 is 11.3 Å². The zero-order valence-corrected chi connectivity index (χ0v) is 12.8. The number of aromatic nitrogens is 2. The second-order valence-electron chi connectivity index (χ2n) is 5.56. The lowest BCUT2D eigenvalue weighted by Gasteiger charge is -2.19. The Bertz CT molecular complexity index is 525. The van der Waals surface area contributed by atoms with Crippen LogP contribution < -0.4 is 5.32 Å². The van der Waals surface area contributed by atoms with Gasteiger partial charge in [-0.1, -0.05) is 6.92 Å². The molecule has 0 saturated carbocycles. The molecule has 104 valence electrons. The van der Waals surface area contributed by atoms with Crippen molar-refractivity contribution in [1.29, 1.82) is 0 Å². The fourth-order valence-electron chi connectivity index (χ4n) is 1.79. The maximum atomic E-state index is 5.73. The second kappa shape index (κ2) is 5.84. The number of thiophene rings is 1. The molecule has 2 rings (SSSR count). The van der Waals surface area contributed by atoms with Crippen LogP contribution in [0.3, 0.4) is 0 Å². The quantitative estimate of drug-likeness (QED) is 0.912. The van der Waals surface area contributed by atoms with Crippen LogP contribution in [0.15, 0.2) is 15.9 Å². The van der Waals surface area contributed by atoms with Crippen molar-refractivity contribution in [1.82, 2.24) is 15.5 Å². The minimum atomic E-state index is 0.117. The molecule has 0 saturated heterocycles. The van der Waals surface area contributed by atoms with E-state index in [2.05, 4.69) is 54.7 Å². The normalized spacial score (nSPS) is 12.0. The van der Waals surface area contributed by atoms with Crippen molar-refractivity contribution in [2.75, 3.05) is 6.54 Å². The maximum absolute atomic E-state index is 5.73. The van der Waals surface area contributed by atoms with E-state index in [9.17, 15) is 0 Å². The van der Waals surface area contributed by atoms with Crippen LogP contribution in [0.25, 0.3) is 10.8 Å². The van der Waals surface area contributed by atoms with Gasteiger partial charge in [-0.3, -0.25) is 0 Å². The molecule has 4 nitrogen and oxygen atoms in total. The average molecular weight is 279 g/mol. The van der Waals surface area contributed by atoms with Crippen LogP contribution in [-0.2, 0) is 12.8 Å². The van der Waals surface area contributed by atoms with Crippen molar-refractivity contribution in [2.24, 2.45) is 0 Å². The Labute approximate surface area is 118 Å². The summed E-state index contributed by atoms with van der Waals surface area (Å²) >= 11 is 1.66. The Kier molecular flexibility index (Phi) is 4.37. The molecule has 2 aromatic heterocycles. The summed E-state index contributed by atoms with van der Waals surface area (Å²) in [6, 6.07) is 2.12. The molecule has 19 heavy (non-hydrogen) atoms. The Hall–Kier alpha value is -1.20. The van der Waals surface area contributed by atoms with Gasteiger partial charge in [-0.25, -0.2) is 0 Å². The van der Waals surface area contributed by atoms with Gasteiger partial charge >= 0.3 is 0 Å². The van der Waals surface area contributed by atoms with E-state index < -0.39 is 0 Å². The van der Waals surface area contributed by atoms with Gasteiger partial charge in [-0.15, -0.1) is 21.5 Å². The third kappa shape index (κ3) is 3.88. The Morgan fingerprint density at radius 3 is 2.79 bits per heavy atom. The molecule has 2 aromatic rings. The summed E-state index contributed by atoms with van der Waals surface area (Å²) < 4.78 is 5.73. The number of aryl methyl sites for hydroxylation is 1. The molecule has 1 N–H and O–H groups in total. The largest absolute Gasteiger partial charge is 0.420 e. The highest BCUT2D eigenvalue weighted by molar-refractivity contribution is 7.13. The maximum Gasteiger partial charge on any atom is 0.258 e. The summed E-state index contributed by atoms with van der Waals surface area (Å²) in [6.45, 7) is 9.41. The number of hydrogen-bond donors (Lipinski definition) is 1. The van der Waals surface area contributed by atoms with Gasteiger partial charge in [0.05, 0.1) is 4.88 Å². The molecule has 0 aliphatic heterocycles. The van der Waals surface area contributed by atoms with Gasteiger partial charge in [0.1, 0.15) is 0 Å². The average Bonchev–Trinajstić information content (AvgIpc) is 2.93. The lowest BCUT2D eigenvalue weighted by Crippen LogP contribution is -2.37. The fourth-order valence-corrected chi connectivity index (χ4v) is 2.71. The van der Waals surface area contributed by atoms with Crippen LogP contribution in [0.1, 0.15) is 39.1 Å². The number of rotatable bonds is 5. The van der Waals surface area contributed by atoms with Crippen molar-refractivity contribution in [3.05, 3.63) is 22.9 Å². The Morgan fingerprint density at radius 1 is 1.32 bits per heavy atom. The van der Waals surface area contributed by atoms with Gasteiger partial charge in [-0.05, 0) is 44.2 Å². The van der Waals surface area contributed by atoms with Crippen LogP contribution >= 0.6 is 11.3 Å². The zero-order chi connectivity index (χ0) is 13.9. The highest BCUT2D eigenvalue weighted by Gasteiger charge is 2.14. The molecule has 0 radical (unpaired) electrons. The van der Waals surface area contributed by atoms with Crippen LogP contribution in [-0.4, -0.2) is 22.3 Å². The second-order valence-corrected chi connectivity index (χ2v) is 6.47. The minimum absolute atomic E-state index is 0.117. The Balaban J connectivity index is 2.00. The van der Waals surface area contributed by atoms with E-state index in [1.165, 1.54) is 5.56 Å². The van der Waals surface area contributed by atoms with Crippen LogP contribution in [0.5, 0.6) is 0 Å². The van der Waals surface area contributed by atoms with Gasteiger partial charge in [0.15, 0.2) is 0 Å². The third-order valence-corrected chi connectivity index (χ3v) is 3.73. The first-order valence-electron chi connectivity index (χ1n) is 6.64. The van der Waals surface area contributed by atoms with Crippen molar-refractivity contribution in [3.63, 3.8) is 0 Å². The molecule has 0 aromatic carbocycles. The van der Waals surface area contributed by atoms with Gasteiger partial charge in [-0.2, -0.15) is 0 Å². The Morgan fingerprint density at radius 2 is 2.11 bits per heavy atom. The first-order chi connectivity index (χ1) is 8.99. The van der Waals surface area contributed by atoms with E-state index in [-0.39, 0.29) is 5.54 Å². The van der Waals surface area contributed by atoms with Crippen molar-refractivity contribution < 1.29 is 4.42 Å². The minimum Gasteiger partial charge on any atom is -0.420 e. The molecule has 2 heterocycles.